The normalized spacial score (nSPS) is 13.9. The van der Waals surface area contributed by atoms with Crippen molar-refractivity contribution in [3.05, 3.63) is 34.6 Å². The van der Waals surface area contributed by atoms with Gasteiger partial charge in [0.1, 0.15) is 0 Å². The van der Waals surface area contributed by atoms with E-state index >= 15 is 0 Å². The Kier molecular flexibility index (Phi) is 6.00. The van der Waals surface area contributed by atoms with Crippen molar-refractivity contribution in [2.75, 3.05) is 29.6 Å². The number of hydrogen-bond donors (Lipinski definition) is 1. The Bertz CT molecular complexity index is 1180. The number of hydrogen-bond acceptors (Lipinski definition) is 6. The number of imidazole rings is 1. The van der Waals surface area contributed by atoms with Gasteiger partial charge in [0, 0.05) is 30.7 Å². The molecular weight excluding hydrogens is 396 g/mol. The molecule has 3 heterocycles. The third-order valence-corrected chi connectivity index (χ3v) is 6.07. The van der Waals surface area contributed by atoms with Crippen LogP contribution in [0.1, 0.15) is 26.2 Å². The first kappa shape index (κ1) is 20.4. The van der Waals surface area contributed by atoms with E-state index in [0.717, 1.165) is 42.5 Å². The summed E-state index contributed by atoms with van der Waals surface area (Å²) in [5, 5.41) is 3.28. The number of aromatic nitrogens is 4. The average Bonchev–Trinajstić information content (AvgIpc) is 3.15. The fourth-order valence-electron chi connectivity index (χ4n) is 3.73. The van der Waals surface area contributed by atoms with Crippen LogP contribution in [0.2, 0.25) is 0 Å². The lowest BCUT2D eigenvalue weighted by Crippen LogP contribution is -2.32. The first-order valence-electron chi connectivity index (χ1n) is 10.1. The molecule has 1 aromatic carbocycles. The van der Waals surface area contributed by atoms with Gasteiger partial charge in [-0.3, -0.25) is 13.9 Å². The van der Waals surface area contributed by atoms with Crippen LogP contribution in [0.4, 0.5) is 17.6 Å². The third kappa shape index (κ3) is 3.90. The molecule has 0 saturated carbocycles. The highest BCUT2D eigenvalue weighted by atomic mass is 32.2. The molecule has 0 bridgehead atoms. The summed E-state index contributed by atoms with van der Waals surface area (Å²) < 4.78 is 3.47. The highest BCUT2D eigenvalue weighted by molar-refractivity contribution is 7.98. The van der Waals surface area contributed by atoms with Crippen molar-refractivity contribution < 1.29 is 0 Å². The van der Waals surface area contributed by atoms with E-state index in [-0.39, 0.29) is 5.56 Å². The van der Waals surface area contributed by atoms with Gasteiger partial charge in [-0.05, 0) is 50.6 Å². The van der Waals surface area contributed by atoms with Gasteiger partial charge in [-0.1, -0.05) is 12.0 Å². The Hall–Kier alpha value is -2.92. The van der Waals surface area contributed by atoms with Gasteiger partial charge in [-0.2, -0.15) is 9.97 Å². The average molecular weight is 423 g/mol. The summed E-state index contributed by atoms with van der Waals surface area (Å²) in [6, 6.07) is 8.03. The SMILES string of the molecule is CC#CCn1c(N2CCCCC2)nc2nc(Nc3cccc(SC)c3)n(C)c(=O)c21. The molecule has 156 valence electrons. The van der Waals surface area contributed by atoms with Crippen LogP contribution in [-0.4, -0.2) is 38.4 Å². The summed E-state index contributed by atoms with van der Waals surface area (Å²) in [4.78, 5) is 26.2. The van der Waals surface area contributed by atoms with E-state index < -0.39 is 0 Å². The zero-order valence-electron chi connectivity index (χ0n) is 17.6. The Labute approximate surface area is 180 Å². The van der Waals surface area contributed by atoms with Gasteiger partial charge in [0.25, 0.3) is 5.56 Å². The minimum atomic E-state index is -0.128. The van der Waals surface area contributed by atoms with Crippen LogP contribution in [-0.2, 0) is 13.6 Å². The van der Waals surface area contributed by atoms with Crippen molar-refractivity contribution in [1.29, 1.82) is 0 Å². The molecule has 4 rings (SSSR count). The number of benzene rings is 1. The van der Waals surface area contributed by atoms with Crippen molar-refractivity contribution >= 4 is 40.5 Å². The van der Waals surface area contributed by atoms with Gasteiger partial charge >= 0.3 is 0 Å². The van der Waals surface area contributed by atoms with Crippen molar-refractivity contribution in [1.82, 2.24) is 19.1 Å². The molecule has 1 fully saturated rings. The maximum absolute atomic E-state index is 13.3. The fraction of sp³-hybridized carbons (Fsp3) is 0.409. The summed E-state index contributed by atoms with van der Waals surface area (Å²) in [7, 11) is 1.74. The molecule has 1 aliphatic heterocycles. The molecule has 0 spiro atoms. The summed E-state index contributed by atoms with van der Waals surface area (Å²) in [5.41, 5.74) is 1.72. The molecule has 2 aromatic heterocycles. The van der Waals surface area contributed by atoms with E-state index in [0.29, 0.717) is 23.7 Å². The smallest absolute Gasteiger partial charge is 0.281 e. The fourth-order valence-corrected chi connectivity index (χ4v) is 4.19. The number of thioether (sulfide) groups is 1. The van der Waals surface area contributed by atoms with Crippen LogP contribution in [0.3, 0.4) is 0 Å². The summed E-state index contributed by atoms with van der Waals surface area (Å²) in [6.45, 7) is 4.12. The van der Waals surface area contributed by atoms with E-state index in [1.807, 2.05) is 35.1 Å². The maximum atomic E-state index is 13.3. The Balaban J connectivity index is 1.82. The molecule has 0 aliphatic carbocycles. The standard InChI is InChI=1S/C22H26N6OS/c1-4-5-14-28-18-19(25-22(28)27-12-7-6-8-13-27)24-21(26(2)20(18)29)23-16-10-9-11-17(15-16)30-3/h9-11,15H,6-8,12-14H2,1-3H3,(H,23,24). The van der Waals surface area contributed by atoms with Crippen LogP contribution in [0.15, 0.2) is 34.0 Å². The zero-order valence-corrected chi connectivity index (χ0v) is 18.4. The lowest BCUT2D eigenvalue weighted by Gasteiger charge is -2.27. The maximum Gasteiger partial charge on any atom is 0.281 e. The van der Waals surface area contributed by atoms with Gasteiger partial charge in [0.05, 0.1) is 6.54 Å². The quantitative estimate of drug-likeness (QED) is 0.500. The first-order valence-corrected chi connectivity index (χ1v) is 11.4. The van der Waals surface area contributed by atoms with Gasteiger partial charge in [0.15, 0.2) is 11.2 Å². The molecule has 8 heteroatoms. The van der Waals surface area contributed by atoms with E-state index in [9.17, 15) is 4.79 Å². The molecule has 7 nitrogen and oxygen atoms in total. The molecule has 30 heavy (non-hydrogen) atoms. The molecule has 0 unspecified atom stereocenters. The second-order valence-corrected chi connectivity index (χ2v) is 8.18. The van der Waals surface area contributed by atoms with Crippen LogP contribution >= 0.6 is 11.8 Å². The van der Waals surface area contributed by atoms with E-state index in [1.54, 1.807) is 30.3 Å². The minimum absolute atomic E-state index is 0.128. The van der Waals surface area contributed by atoms with Crippen molar-refractivity contribution in [2.24, 2.45) is 7.05 Å². The lowest BCUT2D eigenvalue weighted by atomic mass is 10.1. The Morgan fingerprint density at radius 2 is 2.00 bits per heavy atom. The Morgan fingerprint density at radius 1 is 1.20 bits per heavy atom. The molecule has 3 aromatic rings. The van der Waals surface area contributed by atoms with Crippen LogP contribution < -0.4 is 15.8 Å². The van der Waals surface area contributed by atoms with Crippen LogP contribution in [0.5, 0.6) is 0 Å². The lowest BCUT2D eigenvalue weighted by molar-refractivity contribution is 0.561. The largest absolute Gasteiger partial charge is 0.342 e. The monoisotopic (exact) mass is 422 g/mol. The molecule has 0 atom stereocenters. The summed E-state index contributed by atoms with van der Waals surface area (Å²) >= 11 is 1.67. The van der Waals surface area contributed by atoms with Crippen LogP contribution in [0, 0.1) is 11.8 Å². The number of fused-ring (bicyclic) bond motifs is 1. The van der Waals surface area contributed by atoms with E-state index in [1.165, 1.54) is 6.42 Å². The second-order valence-electron chi connectivity index (χ2n) is 7.30. The van der Waals surface area contributed by atoms with Gasteiger partial charge in [-0.15, -0.1) is 17.7 Å². The molecule has 0 amide bonds. The first-order chi connectivity index (χ1) is 14.6. The minimum Gasteiger partial charge on any atom is -0.342 e. The number of nitrogens with one attached hydrogen (secondary N) is 1. The highest BCUT2D eigenvalue weighted by Crippen LogP contribution is 2.25. The molecule has 1 aliphatic rings. The van der Waals surface area contributed by atoms with Gasteiger partial charge in [0.2, 0.25) is 11.9 Å². The predicted molar refractivity (Wildman–Crippen MR) is 124 cm³/mol. The predicted octanol–water partition coefficient (Wildman–Crippen LogP) is 3.61. The van der Waals surface area contributed by atoms with Gasteiger partial charge < -0.3 is 10.2 Å². The zero-order chi connectivity index (χ0) is 21.1. The van der Waals surface area contributed by atoms with Crippen molar-refractivity contribution in [3.63, 3.8) is 0 Å². The summed E-state index contributed by atoms with van der Waals surface area (Å²) in [5.74, 6) is 7.28. The molecular formula is C22H26N6OS. The second kappa shape index (κ2) is 8.84. The Morgan fingerprint density at radius 3 is 2.73 bits per heavy atom. The topological polar surface area (TPSA) is 68.0 Å². The summed E-state index contributed by atoms with van der Waals surface area (Å²) in [6.07, 6.45) is 5.53. The van der Waals surface area contributed by atoms with Crippen LogP contribution in [0.25, 0.3) is 11.2 Å². The van der Waals surface area contributed by atoms with Gasteiger partial charge in [-0.25, -0.2) is 0 Å². The number of rotatable bonds is 5. The van der Waals surface area contributed by atoms with E-state index in [4.69, 9.17) is 9.97 Å². The third-order valence-electron chi connectivity index (χ3n) is 5.34. The number of piperidine rings is 1. The van der Waals surface area contributed by atoms with E-state index in [2.05, 4.69) is 22.1 Å². The molecule has 1 saturated heterocycles. The molecule has 0 radical (unpaired) electrons. The molecule has 1 N–H and O–H groups in total. The van der Waals surface area contributed by atoms with Crippen molar-refractivity contribution in [2.45, 2.75) is 37.6 Å². The van der Waals surface area contributed by atoms with Crippen molar-refractivity contribution in [3.8, 4) is 11.8 Å². The number of anilines is 3. The number of nitrogens with zero attached hydrogens (tertiary/aromatic N) is 5. The highest BCUT2D eigenvalue weighted by Gasteiger charge is 2.23.